The van der Waals surface area contributed by atoms with Crippen LogP contribution in [-0.2, 0) is 33.8 Å². The van der Waals surface area contributed by atoms with E-state index in [2.05, 4.69) is 43.5 Å². The molecule has 1 heterocycles. The van der Waals surface area contributed by atoms with Crippen molar-refractivity contribution in [2.24, 2.45) is 58.2 Å². The molecule has 5 fully saturated rings. The molecule has 43 heavy (non-hydrogen) atoms. The predicted octanol–water partition coefficient (Wildman–Crippen LogP) is 1.56. The molecule has 16 atom stereocenters. The highest BCUT2D eigenvalue weighted by Crippen LogP contribution is 2.70. The molecule has 14 heteroatoms. The van der Waals surface area contributed by atoms with E-state index in [9.17, 15) is 36.7 Å². The van der Waals surface area contributed by atoms with Gasteiger partial charge in [-0.15, -0.1) is 0 Å². The first-order valence-electron chi connectivity index (χ1n) is 15.7. The van der Waals surface area contributed by atoms with Gasteiger partial charge in [-0.25, -0.2) is 8.42 Å². The molecular weight excluding hydrogens is 602 g/mol. The first-order valence-corrected chi connectivity index (χ1v) is 18.5. The van der Waals surface area contributed by atoms with Gasteiger partial charge < -0.3 is 24.6 Å². The summed E-state index contributed by atoms with van der Waals surface area (Å²) < 4.78 is 79.8. The molecule has 4 N–H and O–H groups in total. The van der Waals surface area contributed by atoms with Crippen LogP contribution in [0.25, 0.3) is 0 Å². The minimum atomic E-state index is -5.10. The predicted molar refractivity (Wildman–Crippen MR) is 154 cm³/mol. The van der Waals surface area contributed by atoms with Crippen molar-refractivity contribution in [2.45, 2.75) is 116 Å². The summed E-state index contributed by atoms with van der Waals surface area (Å²) in [5, 5.41) is 34.7. The largest absolute Gasteiger partial charge is 0.726 e. The average molecular weight is 653 g/mol. The monoisotopic (exact) mass is 652 g/mol. The topological polar surface area (TPSA) is 192 Å². The maximum absolute atomic E-state index is 13.0. The number of aliphatic hydroxyl groups is 3. The van der Waals surface area contributed by atoms with E-state index < -0.39 is 85.9 Å². The molecule has 0 bridgehead atoms. The molecule has 5 rings (SSSR count). The van der Waals surface area contributed by atoms with E-state index in [0.29, 0.717) is 25.2 Å². The molecule has 5 aliphatic rings. The average Bonchev–Trinajstić information content (AvgIpc) is 3.15. The highest BCUT2D eigenvalue weighted by molar-refractivity contribution is 7.84. The van der Waals surface area contributed by atoms with Gasteiger partial charge in [-0.1, -0.05) is 41.5 Å². The summed E-state index contributed by atoms with van der Waals surface area (Å²) in [6.07, 6.45) is -4.60. The molecule has 4 aliphatic carbocycles. The Labute approximate surface area is 256 Å². The highest BCUT2D eigenvalue weighted by Gasteiger charge is 2.72. The van der Waals surface area contributed by atoms with Crippen LogP contribution in [0.1, 0.15) is 73.6 Å². The SMILES string of the molecule is CNS(=O)(=O)O[C@@H]1[C@H]2O[C@@H]([C@@H](C)C(C)C)C[C@@H](C)[C@@H]2[C@@]2(C)CC[C@H]3[C@@H]([C@@H](O)[C@@H](O)[C@H]4[C@@H](O)[C@H](OS(=O)(=O)[O-])CC[C@@]43C)[C@H]12. The summed E-state index contributed by atoms with van der Waals surface area (Å²) in [5.74, 6) is -1.55. The molecule has 12 nitrogen and oxygen atoms in total. The van der Waals surface area contributed by atoms with Crippen molar-refractivity contribution >= 4 is 20.7 Å². The molecule has 1 saturated heterocycles. The summed E-state index contributed by atoms with van der Waals surface area (Å²) in [6, 6.07) is 0. The van der Waals surface area contributed by atoms with E-state index in [1.807, 2.05) is 6.92 Å². The van der Waals surface area contributed by atoms with E-state index >= 15 is 0 Å². The number of hydrogen-bond donors (Lipinski definition) is 4. The number of fused-ring (bicyclic) bond motifs is 7. The smallest absolute Gasteiger partial charge is 0.335 e. The Morgan fingerprint density at radius 1 is 0.907 bits per heavy atom. The molecule has 0 aromatic rings. The van der Waals surface area contributed by atoms with Gasteiger partial charge in [-0.05, 0) is 78.4 Å². The highest BCUT2D eigenvalue weighted by atomic mass is 32.3. The third-order valence-electron chi connectivity index (χ3n) is 12.8. The quantitative estimate of drug-likeness (QED) is 0.231. The van der Waals surface area contributed by atoms with Crippen molar-refractivity contribution in [1.29, 1.82) is 0 Å². The lowest BCUT2D eigenvalue weighted by Crippen LogP contribution is -2.68. The summed E-state index contributed by atoms with van der Waals surface area (Å²) in [7, 11) is -7.97. The summed E-state index contributed by atoms with van der Waals surface area (Å²) in [5.41, 5.74) is -1.22. The van der Waals surface area contributed by atoms with Crippen molar-refractivity contribution in [3.63, 3.8) is 0 Å². The van der Waals surface area contributed by atoms with Gasteiger partial charge in [0.15, 0.2) is 0 Å². The molecular formula is C29H50NO11S2-. The third kappa shape index (κ3) is 5.53. The number of ether oxygens (including phenoxy) is 1. The molecule has 0 spiro atoms. The normalized spacial score (nSPS) is 50.8. The standard InChI is InChI=1S/C29H51NO11S2/c1-13(2)15(4)18-12-14(3)20-26(39-18)27(41-42(34,35)30-7)21-19-16(8-10-29(20,21)6)28(5)11-9-17(40-43(36,37)38)23(31)22(28)25(33)24(19)32/h13-27,30-33H,8-12H2,1-7H3,(H,36,37,38)/p-1/t14-,15+,16+,17-,18-,19-,20+,21-,22-,23+,24-,25+,26+,27+,28-,29-/m1/s1. The minimum Gasteiger partial charge on any atom is -0.726 e. The van der Waals surface area contributed by atoms with Crippen molar-refractivity contribution < 1.29 is 49.8 Å². The van der Waals surface area contributed by atoms with Crippen LogP contribution in [0.15, 0.2) is 0 Å². The molecule has 0 aromatic carbocycles. The van der Waals surface area contributed by atoms with Crippen LogP contribution in [0.4, 0.5) is 0 Å². The fourth-order valence-corrected chi connectivity index (χ4v) is 11.7. The van der Waals surface area contributed by atoms with Gasteiger partial charge >= 0.3 is 10.3 Å². The lowest BCUT2D eigenvalue weighted by molar-refractivity contribution is -0.253. The minimum absolute atomic E-state index is 0.0435. The van der Waals surface area contributed by atoms with Gasteiger partial charge in [-0.2, -0.15) is 13.1 Å². The molecule has 250 valence electrons. The molecule has 0 aromatic heterocycles. The zero-order chi connectivity index (χ0) is 32.0. The molecule has 0 amide bonds. The zero-order valence-corrected chi connectivity index (χ0v) is 27.8. The lowest BCUT2D eigenvalue weighted by atomic mass is 9.42. The van der Waals surface area contributed by atoms with Gasteiger partial charge in [0.2, 0.25) is 10.4 Å². The first-order chi connectivity index (χ1) is 19.8. The van der Waals surface area contributed by atoms with Gasteiger partial charge in [0, 0.05) is 18.9 Å². The van der Waals surface area contributed by atoms with Crippen molar-refractivity contribution in [3.8, 4) is 0 Å². The fourth-order valence-electron chi connectivity index (χ4n) is 10.6. The second kappa shape index (κ2) is 11.4. The second-order valence-corrected chi connectivity index (χ2v) is 17.6. The zero-order valence-electron chi connectivity index (χ0n) is 26.1. The maximum atomic E-state index is 13.0. The Morgan fingerprint density at radius 2 is 1.53 bits per heavy atom. The van der Waals surface area contributed by atoms with Crippen LogP contribution in [0.2, 0.25) is 0 Å². The Kier molecular flexibility index (Phi) is 8.98. The van der Waals surface area contributed by atoms with Crippen LogP contribution in [0.5, 0.6) is 0 Å². The van der Waals surface area contributed by atoms with Gasteiger partial charge in [0.25, 0.3) is 0 Å². The molecule has 0 radical (unpaired) electrons. The van der Waals surface area contributed by atoms with Crippen LogP contribution < -0.4 is 4.72 Å². The number of hydrogen-bond acceptors (Lipinski definition) is 11. The number of nitrogens with one attached hydrogen (secondary N) is 1. The van der Waals surface area contributed by atoms with Gasteiger partial charge in [0.05, 0.1) is 30.5 Å². The third-order valence-corrected chi connectivity index (χ3v) is 14.2. The van der Waals surface area contributed by atoms with Crippen LogP contribution in [0, 0.1) is 58.2 Å². The Morgan fingerprint density at radius 3 is 2.12 bits per heavy atom. The lowest BCUT2D eigenvalue weighted by Gasteiger charge is -2.64. The number of rotatable bonds is 7. The van der Waals surface area contributed by atoms with Gasteiger partial charge in [-0.3, -0.25) is 8.37 Å². The maximum Gasteiger partial charge on any atom is 0.335 e. The van der Waals surface area contributed by atoms with E-state index in [-0.39, 0.29) is 36.2 Å². The molecule has 4 saturated carbocycles. The Balaban J connectivity index is 1.57. The summed E-state index contributed by atoms with van der Waals surface area (Å²) in [6.45, 7) is 12.7. The Hall–Kier alpha value is -0.420. The van der Waals surface area contributed by atoms with Crippen molar-refractivity contribution in [2.75, 3.05) is 7.05 Å². The fraction of sp³-hybridized carbons (Fsp3) is 1.00. The van der Waals surface area contributed by atoms with E-state index in [4.69, 9.17) is 8.92 Å². The van der Waals surface area contributed by atoms with Crippen molar-refractivity contribution in [1.82, 2.24) is 4.72 Å². The second-order valence-electron chi connectivity index (χ2n) is 15.0. The summed E-state index contributed by atoms with van der Waals surface area (Å²) >= 11 is 0. The van der Waals surface area contributed by atoms with Crippen molar-refractivity contribution in [3.05, 3.63) is 0 Å². The first kappa shape index (κ1) is 33.9. The van der Waals surface area contributed by atoms with E-state index in [1.54, 1.807) is 0 Å². The van der Waals surface area contributed by atoms with Gasteiger partial charge in [0.1, 0.15) is 12.2 Å². The summed E-state index contributed by atoms with van der Waals surface area (Å²) in [4.78, 5) is 0. The molecule has 1 aliphatic heterocycles. The van der Waals surface area contributed by atoms with E-state index in [1.165, 1.54) is 7.05 Å². The van der Waals surface area contributed by atoms with E-state index in [0.717, 1.165) is 6.42 Å². The van der Waals surface area contributed by atoms with Crippen LogP contribution >= 0.6 is 0 Å². The van der Waals surface area contributed by atoms with Crippen LogP contribution in [0.3, 0.4) is 0 Å². The molecule has 0 unspecified atom stereocenters. The number of aliphatic hydroxyl groups excluding tert-OH is 3. The van der Waals surface area contributed by atoms with Crippen LogP contribution in [-0.4, -0.2) is 86.5 Å². The Bertz CT molecular complexity index is 1260.